The van der Waals surface area contributed by atoms with Crippen molar-refractivity contribution in [2.24, 2.45) is 11.8 Å². The molecule has 0 saturated carbocycles. The monoisotopic (exact) mass is 648 g/mol. The van der Waals surface area contributed by atoms with Crippen LogP contribution in [-0.2, 0) is 11.2 Å². The number of nitrogens with one attached hydrogen (secondary N) is 1. The van der Waals surface area contributed by atoms with E-state index in [1.54, 1.807) is 0 Å². The zero-order chi connectivity index (χ0) is 32.8. The highest BCUT2D eigenvalue weighted by atomic mass is 28.4. The molecule has 0 aromatic heterocycles. The number of carbonyl (C=O) groups is 1. The first-order valence-corrected chi connectivity index (χ1v) is 24.1. The Kier molecular flexibility index (Phi) is 21.4. The van der Waals surface area contributed by atoms with Crippen LogP contribution in [-0.4, -0.2) is 29.1 Å². The summed E-state index contributed by atoms with van der Waals surface area (Å²) in [4.78, 5) is 13.1. The molecule has 0 aliphatic carbocycles. The van der Waals surface area contributed by atoms with Gasteiger partial charge in [0.05, 0.1) is 0 Å². The number of hydrogen-bond acceptors (Lipinski definition) is 3. The van der Waals surface area contributed by atoms with Crippen LogP contribution in [0.2, 0.25) is 36.3 Å². The summed E-state index contributed by atoms with van der Waals surface area (Å²) in [6.45, 7) is 21.3. The zero-order valence-electron chi connectivity index (χ0n) is 30.8. The van der Waals surface area contributed by atoms with Crippen molar-refractivity contribution in [2.75, 3.05) is 6.54 Å². The minimum Gasteiger partial charge on any atom is -0.541 e. The second-order valence-corrected chi connectivity index (χ2v) is 23.0. The van der Waals surface area contributed by atoms with Gasteiger partial charge in [-0.15, -0.1) is 0 Å². The van der Waals surface area contributed by atoms with Crippen LogP contribution >= 0.6 is 0 Å². The molecule has 1 aromatic carbocycles. The molecular formula is C38H73NO3Si2. The van der Waals surface area contributed by atoms with Crippen LogP contribution in [0.4, 0.5) is 0 Å². The number of carbonyl (C=O) groups excluding carboxylic acids is 1. The molecule has 0 bridgehead atoms. The van der Waals surface area contributed by atoms with Gasteiger partial charge in [0.2, 0.25) is 5.91 Å². The van der Waals surface area contributed by atoms with Crippen LogP contribution in [0, 0.1) is 11.8 Å². The Hall–Kier alpha value is -1.28. The van der Waals surface area contributed by atoms with Gasteiger partial charge in [0.1, 0.15) is 11.5 Å². The molecule has 6 heteroatoms. The van der Waals surface area contributed by atoms with Crippen molar-refractivity contribution in [3.8, 4) is 11.5 Å². The van der Waals surface area contributed by atoms with Crippen LogP contribution in [0.15, 0.2) is 18.2 Å². The lowest BCUT2D eigenvalue weighted by molar-refractivity contribution is -0.125. The van der Waals surface area contributed by atoms with Gasteiger partial charge in [-0.05, 0) is 85.6 Å². The Morgan fingerprint density at radius 1 is 0.682 bits per heavy atom. The molecule has 0 spiro atoms. The van der Waals surface area contributed by atoms with Gasteiger partial charge in [-0.1, -0.05) is 126 Å². The third-order valence-corrected chi connectivity index (χ3v) is 19.5. The van der Waals surface area contributed by atoms with Gasteiger partial charge in [-0.3, -0.25) is 4.79 Å². The normalized spacial score (nSPS) is 13.5. The Balaban J connectivity index is 2.76. The van der Waals surface area contributed by atoms with E-state index in [0.717, 1.165) is 80.0 Å². The average molecular weight is 648 g/mol. The third kappa shape index (κ3) is 14.4. The van der Waals surface area contributed by atoms with E-state index in [1.165, 1.54) is 63.4 Å². The number of amides is 1. The van der Waals surface area contributed by atoms with Crippen LogP contribution in [0.1, 0.15) is 145 Å². The van der Waals surface area contributed by atoms with Crippen molar-refractivity contribution in [2.45, 2.75) is 182 Å². The Morgan fingerprint density at radius 3 is 1.64 bits per heavy atom. The molecule has 0 saturated heterocycles. The number of hydrogen-bond donors (Lipinski definition) is 1. The first-order valence-electron chi connectivity index (χ1n) is 19.0. The maximum Gasteiger partial charge on any atom is 0.250 e. The lowest BCUT2D eigenvalue weighted by atomic mass is 9.88. The molecule has 0 aliphatic rings. The van der Waals surface area contributed by atoms with E-state index in [1.807, 2.05) is 0 Å². The summed E-state index contributed by atoms with van der Waals surface area (Å²) >= 11 is 0. The summed E-state index contributed by atoms with van der Waals surface area (Å²) in [7, 11) is -3.68. The van der Waals surface area contributed by atoms with Crippen molar-refractivity contribution in [3.05, 3.63) is 23.8 Å². The van der Waals surface area contributed by atoms with Crippen LogP contribution in [0.3, 0.4) is 0 Å². The van der Waals surface area contributed by atoms with Gasteiger partial charge in [0.15, 0.2) is 0 Å². The van der Waals surface area contributed by atoms with Crippen molar-refractivity contribution in [3.63, 3.8) is 0 Å². The quantitative estimate of drug-likeness (QED) is 0.0763. The largest absolute Gasteiger partial charge is 0.541 e. The molecule has 2 unspecified atom stereocenters. The SMILES string of the molecule is CCCCCCCCCCCCNC(=O)C(CC)CC(C)Cc1ccc(O[Si](CC)(CC)CC)c(O[Si](CC)(CC)CC)c1. The van der Waals surface area contributed by atoms with Gasteiger partial charge < -0.3 is 14.2 Å². The van der Waals surface area contributed by atoms with E-state index in [4.69, 9.17) is 8.85 Å². The fourth-order valence-corrected chi connectivity index (χ4v) is 11.8. The third-order valence-electron chi connectivity index (χ3n) is 10.5. The second-order valence-electron chi connectivity index (χ2n) is 13.6. The molecule has 44 heavy (non-hydrogen) atoms. The maximum atomic E-state index is 13.1. The Bertz CT molecular complexity index is 868. The summed E-state index contributed by atoms with van der Waals surface area (Å²) in [5.41, 5.74) is 1.29. The van der Waals surface area contributed by atoms with Crippen molar-refractivity contribution in [1.82, 2.24) is 5.32 Å². The van der Waals surface area contributed by atoms with E-state index >= 15 is 0 Å². The van der Waals surface area contributed by atoms with Gasteiger partial charge in [-0.2, -0.15) is 0 Å². The molecule has 1 rings (SSSR count). The molecular weight excluding hydrogens is 575 g/mol. The van der Waals surface area contributed by atoms with E-state index in [0.29, 0.717) is 5.92 Å². The first kappa shape index (κ1) is 40.7. The topological polar surface area (TPSA) is 47.6 Å². The number of benzene rings is 1. The molecule has 0 radical (unpaired) electrons. The van der Waals surface area contributed by atoms with Crippen molar-refractivity contribution < 1.29 is 13.6 Å². The minimum atomic E-state index is -1.86. The smallest absolute Gasteiger partial charge is 0.250 e. The number of rotatable bonds is 27. The van der Waals surface area contributed by atoms with E-state index in [9.17, 15) is 4.79 Å². The molecule has 1 N–H and O–H groups in total. The van der Waals surface area contributed by atoms with Gasteiger partial charge in [0, 0.05) is 12.5 Å². The van der Waals surface area contributed by atoms with Crippen LogP contribution in [0.25, 0.3) is 0 Å². The lowest BCUT2D eigenvalue weighted by Crippen LogP contribution is -2.41. The highest BCUT2D eigenvalue weighted by molar-refractivity contribution is 6.75. The minimum absolute atomic E-state index is 0.0806. The van der Waals surface area contributed by atoms with E-state index < -0.39 is 16.6 Å². The summed E-state index contributed by atoms with van der Waals surface area (Å²) in [5.74, 6) is 2.68. The molecule has 0 heterocycles. The zero-order valence-corrected chi connectivity index (χ0v) is 32.8. The maximum absolute atomic E-state index is 13.1. The lowest BCUT2D eigenvalue weighted by Gasteiger charge is -2.34. The predicted molar refractivity (Wildman–Crippen MR) is 198 cm³/mol. The fourth-order valence-electron chi connectivity index (χ4n) is 6.64. The highest BCUT2D eigenvalue weighted by Crippen LogP contribution is 2.38. The Morgan fingerprint density at radius 2 is 1.16 bits per heavy atom. The summed E-state index contributed by atoms with van der Waals surface area (Å²) in [6, 6.07) is 13.4. The molecule has 2 atom stereocenters. The molecule has 0 aliphatic heterocycles. The molecule has 256 valence electrons. The highest BCUT2D eigenvalue weighted by Gasteiger charge is 2.35. The van der Waals surface area contributed by atoms with Gasteiger partial charge in [0.25, 0.3) is 16.6 Å². The van der Waals surface area contributed by atoms with Gasteiger partial charge in [-0.25, -0.2) is 0 Å². The average Bonchev–Trinajstić information content (AvgIpc) is 3.04. The fraction of sp³-hybridized carbons (Fsp3) is 0.816. The summed E-state index contributed by atoms with van der Waals surface area (Å²) in [6.07, 6.45) is 16.0. The summed E-state index contributed by atoms with van der Waals surface area (Å²) in [5, 5.41) is 3.26. The first-order chi connectivity index (χ1) is 21.2. The second kappa shape index (κ2) is 23.1. The summed E-state index contributed by atoms with van der Waals surface area (Å²) < 4.78 is 13.9. The van der Waals surface area contributed by atoms with Crippen LogP contribution in [0.5, 0.6) is 11.5 Å². The molecule has 0 fully saturated rings. The van der Waals surface area contributed by atoms with Gasteiger partial charge >= 0.3 is 0 Å². The number of unbranched alkanes of at least 4 members (excludes halogenated alkanes) is 9. The van der Waals surface area contributed by atoms with Crippen molar-refractivity contribution >= 4 is 22.5 Å². The predicted octanol–water partition coefficient (Wildman–Crippen LogP) is 12.1. The van der Waals surface area contributed by atoms with Crippen LogP contribution < -0.4 is 14.2 Å². The van der Waals surface area contributed by atoms with E-state index in [-0.39, 0.29) is 11.8 Å². The van der Waals surface area contributed by atoms with E-state index in [2.05, 4.69) is 85.8 Å². The van der Waals surface area contributed by atoms with Crippen molar-refractivity contribution in [1.29, 1.82) is 0 Å². The molecule has 1 aromatic rings. The standard InChI is InChI=1S/C38H73NO3Si2/c1-10-18-19-20-21-22-23-24-25-26-29-39-38(40)35(11-2)31-33(9)30-34-27-28-36(41-43(12-3,13-4)14-5)37(32-34)42-44(15-6,16-7)17-8/h27-28,32-33,35H,10-26,29-31H2,1-9H3,(H,39,40). The molecule has 4 nitrogen and oxygen atoms in total. The molecule has 1 amide bonds. The Labute approximate surface area is 276 Å².